The fourth-order valence-electron chi connectivity index (χ4n) is 1.81. The maximum Gasteiger partial charge on any atom is 0.329 e. The maximum absolute atomic E-state index is 11.8. The van der Waals surface area contributed by atoms with E-state index in [0.29, 0.717) is 28.6 Å². The first-order valence-corrected chi connectivity index (χ1v) is 7.59. The molecule has 0 spiro atoms. The Balaban J connectivity index is 1.92. The normalized spacial score (nSPS) is 10.4. The van der Waals surface area contributed by atoms with Gasteiger partial charge in [0.25, 0.3) is 0 Å². The van der Waals surface area contributed by atoms with E-state index in [4.69, 9.17) is 16.3 Å². The van der Waals surface area contributed by atoms with Crippen LogP contribution in [0.1, 0.15) is 12.5 Å². The molecule has 0 aliphatic heterocycles. The molecule has 6 nitrogen and oxygen atoms in total. The molecule has 0 atom stereocenters. The largest absolute Gasteiger partial charge is 0.493 e. The van der Waals surface area contributed by atoms with Crippen LogP contribution < -0.4 is 15.5 Å². The number of benzene rings is 2. The third-order valence-electron chi connectivity index (χ3n) is 2.90. The molecule has 2 aromatic carbocycles. The van der Waals surface area contributed by atoms with E-state index in [1.807, 2.05) is 19.1 Å². The topological polar surface area (TPSA) is 79.8 Å². The lowest BCUT2D eigenvalue weighted by atomic mass is 10.2. The number of ether oxygens (including phenoxy) is 1. The molecular weight excluding hydrogens is 330 g/mol. The number of halogens is 1. The molecule has 0 unspecified atom stereocenters. The minimum atomic E-state index is -0.880. The first-order valence-electron chi connectivity index (χ1n) is 7.22. The summed E-state index contributed by atoms with van der Waals surface area (Å²) in [5.41, 5.74) is 3.32. The average molecular weight is 346 g/mol. The van der Waals surface area contributed by atoms with Crippen LogP contribution in [0.25, 0.3) is 0 Å². The van der Waals surface area contributed by atoms with Crippen LogP contribution in [0.5, 0.6) is 5.75 Å². The van der Waals surface area contributed by atoms with Crippen molar-refractivity contribution in [1.82, 2.24) is 5.43 Å². The summed E-state index contributed by atoms with van der Waals surface area (Å²) in [5, 5.41) is 6.75. The van der Waals surface area contributed by atoms with Gasteiger partial charge < -0.3 is 10.1 Å². The van der Waals surface area contributed by atoms with Gasteiger partial charge in [-0.2, -0.15) is 5.10 Å². The third-order valence-corrected chi connectivity index (χ3v) is 3.15. The van der Waals surface area contributed by atoms with Crippen LogP contribution in [0.2, 0.25) is 5.02 Å². The summed E-state index contributed by atoms with van der Waals surface area (Å²) in [6, 6.07) is 13.6. The molecule has 7 heteroatoms. The Labute approximate surface area is 144 Å². The smallest absolute Gasteiger partial charge is 0.329 e. The van der Waals surface area contributed by atoms with E-state index in [2.05, 4.69) is 15.8 Å². The lowest BCUT2D eigenvalue weighted by Gasteiger charge is -2.06. The molecule has 0 saturated carbocycles. The number of nitrogens with zero attached hydrogens (tertiary/aromatic N) is 1. The van der Waals surface area contributed by atoms with Gasteiger partial charge in [-0.05, 0) is 43.3 Å². The molecule has 124 valence electrons. The van der Waals surface area contributed by atoms with Gasteiger partial charge in [-0.3, -0.25) is 9.59 Å². The number of amides is 2. The molecule has 0 fully saturated rings. The Hall–Kier alpha value is -2.86. The van der Waals surface area contributed by atoms with Gasteiger partial charge in [0, 0.05) is 16.3 Å². The first-order chi connectivity index (χ1) is 11.6. The average Bonchev–Trinajstić information content (AvgIpc) is 2.58. The van der Waals surface area contributed by atoms with Crippen molar-refractivity contribution in [2.75, 3.05) is 11.9 Å². The van der Waals surface area contributed by atoms with Crippen LogP contribution in [0.15, 0.2) is 53.6 Å². The zero-order valence-electron chi connectivity index (χ0n) is 13.0. The highest BCUT2D eigenvalue weighted by Gasteiger charge is 2.12. The van der Waals surface area contributed by atoms with E-state index in [1.165, 1.54) is 6.21 Å². The van der Waals surface area contributed by atoms with Gasteiger partial charge in [-0.15, -0.1) is 0 Å². The Morgan fingerprint density at radius 1 is 1.12 bits per heavy atom. The van der Waals surface area contributed by atoms with Gasteiger partial charge in [0.2, 0.25) is 0 Å². The lowest BCUT2D eigenvalue weighted by Crippen LogP contribution is -2.32. The standard InChI is InChI=1S/C17H16ClN3O3/c1-2-24-15-6-4-3-5-12(15)11-19-21-17(23)16(22)20-14-9-7-13(18)8-10-14/h3-11H,2H2,1H3,(H,20,22)(H,21,23)/b19-11+. The Kier molecular flexibility index (Phi) is 6.33. The molecule has 0 heterocycles. The van der Waals surface area contributed by atoms with E-state index >= 15 is 0 Å². The van der Waals surface area contributed by atoms with Crippen molar-refractivity contribution in [3.8, 4) is 5.75 Å². The van der Waals surface area contributed by atoms with Gasteiger partial charge in [-0.25, -0.2) is 5.43 Å². The van der Waals surface area contributed by atoms with Crippen molar-refractivity contribution >= 4 is 35.3 Å². The van der Waals surface area contributed by atoms with Crippen LogP contribution >= 0.6 is 11.6 Å². The molecule has 0 aliphatic rings. The van der Waals surface area contributed by atoms with Gasteiger partial charge >= 0.3 is 11.8 Å². The van der Waals surface area contributed by atoms with Gasteiger partial charge in [0.05, 0.1) is 12.8 Å². The molecule has 0 aromatic heterocycles. The van der Waals surface area contributed by atoms with Crippen LogP contribution in [0.3, 0.4) is 0 Å². The first kappa shape index (κ1) is 17.5. The summed E-state index contributed by atoms with van der Waals surface area (Å²) in [6.07, 6.45) is 1.42. The quantitative estimate of drug-likeness (QED) is 0.497. The Morgan fingerprint density at radius 3 is 2.54 bits per heavy atom. The maximum atomic E-state index is 11.8. The summed E-state index contributed by atoms with van der Waals surface area (Å²) in [7, 11) is 0. The minimum Gasteiger partial charge on any atom is -0.493 e. The zero-order valence-corrected chi connectivity index (χ0v) is 13.7. The van der Waals surface area contributed by atoms with Gasteiger partial charge in [0.1, 0.15) is 5.75 Å². The van der Waals surface area contributed by atoms with Gasteiger partial charge in [0.15, 0.2) is 0 Å². The number of carbonyl (C=O) groups is 2. The molecule has 0 aliphatic carbocycles. The zero-order chi connectivity index (χ0) is 17.4. The number of nitrogens with one attached hydrogen (secondary N) is 2. The summed E-state index contributed by atoms with van der Waals surface area (Å²) in [6.45, 7) is 2.39. The molecule has 24 heavy (non-hydrogen) atoms. The van der Waals surface area contributed by atoms with Crippen molar-refractivity contribution < 1.29 is 14.3 Å². The summed E-state index contributed by atoms with van der Waals surface area (Å²) >= 11 is 5.75. The molecule has 0 radical (unpaired) electrons. The van der Waals surface area contributed by atoms with Crippen molar-refractivity contribution in [2.45, 2.75) is 6.92 Å². The van der Waals surface area contributed by atoms with Gasteiger partial charge in [-0.1, -0.05) is 23.7 Å². The molecule has 0 saturated heterocycles. The van der Waals surface area contributed by atoms with Crippen molar-refractivity contribution in [3.63, 3.8) is 0 Å². The van der Waals surface area contributed by atoms with Crippen LogP contribution in [-0.4, -0.2) is 24.6 Å². The van der Waals surface area contributed by atoms with Crippen molar-refractivity contribution in [3.05, 3.63) is 59.1 Å². The SMILES string of the molecule is CCOc1ccccc1/C=N/NC(=O)C(=O)Nc1ccc(Cl)cc1. The van der Waals surface area contributed by atoms with E-state index < -0.39 is 11.8 Å². The number of hydrogen-bond donors (Lipinski definition) is 2. The number of rotatable bonds is 5. The predicted octanol–water partition coefficient (Wildman–Crippen LogP) is 2.83. The number of anilines is 1. The molecule has 2 N–H and O–H groups in total. The number of para-hydroxylation sites is 1. The van der Waals surface area contributed by atoms with E-state index in [1.54, 1.807) is 36.4 Å². The number of carbonyl (C=O) groups excluding carboxylic acids is 2. The predicted molar refractivity (Wildman–Crippen MR) is 93.4 cm³/mol. The monoisotopic (exact) mass is 345 g/mol. The highest BCUT2D eigenvalue weighted by atomic mass is 35.5. The lowest BCUT2D eigenvalue weighted by molar-refractivity contribution is -0.136. The third kappa shape index (κ3) is 5.10. The second-order valence-electron chi connectivity index (χ2n) is 4.63. The van der Waals surface area contributed by atoms with E-state index in [-0.39, 0.29) is 0 Å². The molecule has 0 bridgehead atoms. The minimum absolute atomic E-state index is 0.463. The highest BCUT2D eigenvalue weighted by molar-refractivity contribution is 6.39. The van der Waals surface area contributed by atoms with Crippen molar-refractivity contribution in [2.24, 2.45) is 5.10 Å². The number of hydrazone groups is 1. The van der Waals surface area contributed by atoms with E-state index in [9.17, 15) is 9.59 Å². The van der Waals surface area contributed by atoms with Crippen LogP contribution in [0, 0.1) is 0 Å². The van der Waals surface area contributed by atoms with Crippen LogP contribution in [0.4, 0.5) is 5.69 Å². The molecular formula is C17H16ClN3O3. The molecule has 2 amide bonds. The second kappa shape index (κ2) is 8.69. The molecule has 2 aromatic rings. The highest BCUT2D eigenvalue weighted by Crippen LogP contribution is 2.15. The van der Waals surface area contributed by atoms with Crippen molar-refractivity contribution in [1.29, 1.82) is 0 Å². The van der Waals surface area contributed by atoms with Crippen LogP contribution in [-0.2, 0) is 9.59 Å². The Morgan fingerprint density at radius 2 is 1.83 bits per heavy atom. The second-order valence-corrected chi connectivity index (χ2v) is 5.07. The summed E-state index contributed by atoms with van der Waals surface area (Å²) < 4.78 is 5.44. The fraction of sp³-hybridized carbons (Fsp3) is 0.118. The number of hydrogen-bond acceptors (Lipinski definition) is 4. The summed E-state index contributed by atoms with van der Waals surface area (Å²) in [5.74, 6) is -1.06. The van der Waals surface area contributed by atoms with E-state index in [0.717, 1.165) is 0 Å². The summed E-state index contributed by atoms with van der Waals surface area (Å²) in [4.78, 5) is 23.5. The fourth-order valence-corrected chi connectivity index (χ4v) is 1.93. The Bertz CT molecular complexity index is 745. The molecule has 2 rings (SSSR count).